The number of carbonyl (C=O) groups excluding carboxylic acids is 1. The van der Waals surface area contributed by atoms with Crippen LogP contribution in [0.3, 0.4) is 0 Å². The quantitative estimate of drug-likeness (QED) is 0.460. The molecule has 3 N–H and O–H groups in total. The predicted molar refractivity (Wildman–Crippen MR) is 122 cm³/mol. The SMILES string of the molecule is O=C1NCc2c(-c3cnc4ccccn34)ncc(Nc3ccc(N4CCNCC4)cn3)c21. The van der Waals surface area contributed by atoms with Gasteiger partial charge in [0.2, 0.25) is 0 Å². The molecule has 0 radical (unpaired) electrons. The molecular weight excluding hydrogens is 404 g/mol. The molecule has 6 rings (SSSR count). The van der Waals surface area contributed by atoms with Crippen LogP contribution >= 0.6 is 0 Å². The fourth-order valence-electron chi connectivity index (χ4n) is 4.37. The Hall–Kier alpha value is -3.98. The summed E-state index contributed by atoms with van der Waals surface area (Å²) in [5.74, 6) is 0.563. The lowest BCUT2D eigenvalue weighted by Crippen LogP contribution is -2.43. The van der Waals surface area contributed by atoms with Gasteiger partial charge in [-0.2, -0.15) is 0 Å². The monoisotopic (exact) mass is 426 g/mol. The zero-order chi connectivity index (χ0) is 21.5. The van der Waals surface area contributed by atoms with Crippen LogP contribution in [-0.2, 0) is 6.54 Å². The van der Waals surface area contributed by atoms with Crippen molar-refractivity contribution in [1.29, 1.82) is 0 Å². The minimum atomic E-state index is -0.114. The third kappa shape index (κ3) is 3.14. The highest BCUT2D eigenvalue weighted by atomic mass is 16.1. The minimum absolute atomic E-state index is 0.114. The summed E-state index contributed by atoms with van der Waals surface area (Å²) in [4.78, 5) is 28.7. The predicted octanol–water partition coefficient (Wildman–Crippen LogP) is 2.19. The van der Waals surface area contributed by atoms with E-state index in [-0.39, 0.29) is 5.91 Å². The lowest BCUT2D eigenvalue weighted by molar-refractivity contribution is 0.0966. The van der Waals surface area contributed by atoms with Crippen molar-refractivity contribution in [2.45, 2.75) is 6.54 Å². The Labute approximate surface area is 184 Å². The van der Waals surface area contributed by atoms with Crippen LogP contribution in [-0.4, -0.2) is 51.4 Å². The highest BCUT2D eigenvalue weighted by Gasteiger charge is 2.28. The Kier molecular flexibility index (Phi) is 4.46. The molecule has 0 saturated carbocycles. The van der Waals surface area contributed by atoms with Gasteiger partial charge in [-0.05, 0) is 24.3 Å². The largest absolute Gasteiger partial charge is 0.368 e. The van der Waals surface area contributed by atoms with Gasteiger partial charge in [-0.1, -0.05) is 6.07 Å². The first-order chi connectivity index (χ1) is 15.8. The summed E-state index contributed by atoms with van der Waals surface area (Å²) in [7, 11) is 0. The fraction of sp³-hybridized carbons (Fsp3) is 0.217. The second-order valence-corrected chi connectivity index (χ2v) is 7.89. The lowest BCUT2D eigenvalue weighted by atomic mass is 10.1. The molecule has 1 amide bonds. The van der Waals surface area contributed by atoms with Crippen LogP contribution < -0.4 is 20.9 Å². The van der Waals surface area contributed by atoms with E-state index in [1.54, 1.807) is 12.4 Å². The van der Waals surface area contributed by atoms with Crippen molar-refractivity contribution in [2.75, 3.05) is 36.4 Å². The molecule has 1 saturated heterocycles. The number of amides is 1. The second kappa shape index (κ2) is 7.61. The summed E-state index contributed by atoms with van der Waals surface area (Å²) >= 11 is 0. The Morgan fingerprint density at radius 1 is 0.969 bits per heavy atom. The number of aromatic nitrogens is 4. The van der Waals surface area contributed by atoms with Crippen LogP contribution in [0.2, 0.25) is 0 Å². The number of fused-ring (bicyclic) bond motifs is 2. The van der Waals surface area contributed by atoms with E-state index in [9.17, 15) is 4.79 Å². The van der Waals surface area contributed by atoms with Crippen molar-refractivity contribution in [3.05, 3.63) is 66.2 Å². The Morgan fingerprint density at radius 2 is 1.88 bits per heavy atom. The van der Waals surface area contributed by atoms with Gasteiger partial charge in [0.05, 0.1) is 46.9 Å². The molecule has 32 heavy (non-hydrogen) atoms. The van der Waals surface area contributed by atoms with E-state index in [2.05, 4.69) is 36.9 Å². The molecule has 0 spiro atoms. The molecule has 4 aromatic rings. The van der Waals surface area contributed by atoms with Gasteiger partial charge in [-0.15, -0.1) is 0 Å². The molecule has 0 bridgehead atoms. The molecule has 9 heteroatoms. The van der Waals surface area contributed by atoms with E-state index in [1.165, 1.54) is 0 Å². The number of hydrogen-bond acceptors (Lipinski definition) is 7. The maximum Gasteiger partial charge on any atom is 0.254 e. The van der Waals surface area contributed by atoms with Gasteiger partial charge >= 0.3 is 0 Å². The van der Waals surface area contributed by atoms with E-state index < -0.39 is 0 Å². The van der Waals surface area contributed by atoms with Gasteiger partial charge in [-0.3, -0.25) is 14.2 Å². The zero-order valence-electron chi connectivity index (χ0n) is 17.4. The van der Waals surface area contributed by atoms with E-state index in [4.69, 9.17) is 4.98 Å². The molecule has 2 aliphatic rings. The number of hydrogen-bond donors (Lipinski definition) is 3. The molecular formula is C23H22N8O. The molecule has 0 atom stereocenters. The van der Waals surface area contributed by atoms with Gasteiger partial charge in [0, 0.05) is 44.5 Å². The fourth-order valence-corrected chi connectivity index (χ4v) is 4.37. The van der Waals surface area contributed by atoms with Crippen LogP contribution in [0.25, 0.3) is 17.0 Å². The summed E-state index contributed by atoms with van der Waals surface area (Å²) in [6.07, 6.45) is 7.32. The topological polar surface area (TPSA) is 99.5 Å². The molecule has 0 aromatic carbocycles. The molecule has 1 fully saturated rings. The van der Waals surface area contributed by atoms with Crippen molar-refractivity contribution < 1.29 is 4.79 Å². The van der Waals surface area contributed by atoms with E-state index in [0.29, 0.717) is 23.6 Å². The van der Waals surface area contributed by atoms with Gasteiger partial charge < -0.3 is 20.9 Å². The molecule has 0 unspecified atom stereocenters. The van der Waals surface area contributed by atoms with Gasteiger partial charge in [0.25, 0.3) is 5.91 Å². The summed E-state index contributed by atoms with van der Waals surface area (Å²) in [6, 6.07) is 9.84. The number of piperazine rings is 1. The number of carbonyl (C=O) groups is 1. The number of nitrogens with zero attached hydrogens (tertiary/aromatic N) is 5. The first-order valence-corrected chi connectivity index (χ1v) is 10.7. The first kappa shape index (κ1) is 18.8. The standard InChI is InChI=1S/C23H22N8O/c32-23-21-16(12-28-23)22(18-14-26-20-3-1-2-8-31(18)20)27-13-17(21)29-19-5-4-15(11-25-19)30-9-6-24-7-10-30/h1-5,8,11,13-14,24H,6-7,9-10,12H2,(H,25,29)(H,28,32). The van der Waals surface area contributed by atoms with Gasteiger partial charge in [0.15, 0.2) is 0 Å². The van der Waals surface area contributed by atoms with Crippen molar-refractivity contribution in [2.24, 2.45) is 0 Å². The minimum Gasteiger partial charge on any atom is -0.368 e. The summed E-state index contributed by atoms with van der Waals surface area (Å²) in [5, 5.41) is 9.58. The number of pyridine rings is 3. The van der Waals surface area contributed by atoms with Crippen LogP contribution in [0.1, 0.15) is 15.9 Å². The first-order valence-electron chi connectivity index (χ1n) is 10.7. The zero-order valence-corrected chi connectivity index (χ0v) is 17.4. The number of imidazole rings is 1. The van der Waals surface area contributed by atoms with Gasteiger partial charge in [0.1, 0.15) is 11.5 Å². The molecule has 9 nitrogen and oxygen atoms in total. The smallest absolute Gasteiger partial charge is 0.254 e. The molecule has 160 valence electrons. The number of rotatable bonds is 4. The van der Waals surface area contributed by atoms with Crippen molar-refractivity contribution in [3.63, 3.8) is 0 Å². The van der Waals surface area contributed by atoms with E-state index in [1.807, 2.05) is 41.1 Å². The maximum absolute atomic E-state index is 12.7. The molecule has 0 aliphatic carbocycles. The molecule has 4 aromatic heterocycles. The van der Waals surface area contributed by atoms with Crippen molar-refractivity contribution in [1.82, 2.24) is 30.0 Å². The van der Waals surface area contributed by atoms with Crippen molar-refractivity contribution in [3.8, 4) is 11.4 Å². The van der Waals surface area contributed by atoms with E-state index >= 15 is 0 Å². The van der Waals surface area contributed by atoms with Crippen LogP contribution in [0.5, 0.6) is 0 Å². The summed E-state index contributed by atoms with van der Waals surface area (Å²) in [6.45, 7) is 4.33. The summed E-state index contributed by atoms with van der Waals surface area (Å²) in [5.41, 5.74) is 5.67. The Bertz CT molecular complexity index is 1310. The maximum atomic E-state index is 12.7. The third-order valence-electron chi connectivity index (χ3n) is 5.98. The van der Waals surface area contributed by atoms with Crippen molar-refractivity contribution >= 4 is 28.7 Å². The summed E-state index contributed by atoms with van der Waals surface area (Å²) < 4.78 is 1.98. The number of nitrogens with one attached hydrogen (secondary N) is 3. The molecule has 6 heterocycles. The van der Waals surface area contributed by atoms with Crippen LogP contribution in [0.15, 0.2) is 55.1 Å². The lowest BCUT2D eigenvalue weighted by Gasteiger charge is -2.29. The highest BCUT2D eigenvalue weighted by molar-refractivity contribution is 6.05. The average molecular weight is 426 g/mol. The van der Waals surface area contributed by atoms with Crippen LogP contribution in [0.4, 0.5) is 17.2 Å². The normalized spacial score (nSPS) is 15.6. The second-order valence-electron chi connectivity index (χ2n) is 7.89. The third-order valence-corrected chi connectivity index (χ3v) is 5.98. The highest BCUT2D eigenvalue weighted by Crippen LogP contribution is 2.33. The number of anilines is 3. The Balaban J connectivity index is 1.33. The molecule has 2 aliphatic heterocycles. The van der Waals surface area contributed by atoms with E-state index in [0.717, 1.165) is 54.5 Å². The van der Waals surface area contributed by atoms with Gasteiger partial charge in [-0.25, -0.2) is 9.97 Å². The Morgan fingerprint density at radius 3 is 2.72 bits per heavy atom. The van der Waals surface area contributed by atoms with Crippen LogP contribution in [0, 0.1) is 0 Å². The average Bonchev–Trinajstić information content (AvgIpc) is 3.45.